The number of carbonyl (C=O) groups is 1. The Morgan fingerprint density at radius 3 is 2.67 bits per heavy atom. The molecule has 2 atom stereocenters. The van der Waals surface area contributed by atoms with Gasteiger partial charge in [0.1, 0.15) is 0 Å². The zero-order valence-corrected chi connectivity index (χ0v) is 14.6. The summed E-state index contributed by atoms with van der Waals surface area (Å²) in [5.74, 6) is -1.42. The molecule has 1 aliphatic heterocycles. The first-order chi connectivity index (χ1) is 11.6. The highest BCUT2D eigenvalue weighted by Crippen LogP contribution is 2.54. The van der Waals surface area contributed by atoms with E-state index < -0.39 is 17.3 Å². The fourth-order valence-corrected chi connectivity index (χ4v) is 4.20. The maximum atomic E-state index is 12.4. The van der Waals surface area contributed by atoms with Gasteiger partial charge in [0, 0.05) is 17.7 Å². The van der Waals surface area contributed by atoms with Crippen LogP contribution in [0.25, 0.3) is 0 Å². The van der Waals surface area contributed by atoms with Gasteiger partial charge in [-0.15, -0.1) is 0 Å². The molecule has 5 nitrogen and oxygen atoms in total. The summed E-state index contributed by atoms with van der Waals surface area (Å²) in [5.41, 5.74) is -0.306. The summed E-state index contributed by atoms with van der Waals surface area (Å²) in [6, 6.07) is 2.18. The van der Waals surface area contributed by atoms with Crippen LogP contribution in [-0.2, 0) is 14.3 Å². The van der Waals surface area contributed by atoms with Crippen LogP contribution in [0.1, 0.15) is 45.4 Å². The first kappa shape index (κ1) is 18.4. The SMILES string of the molecule is C=N/C(=C\C=C/C)C1(C(C#N)C(=O)OC)CCOC2(CCCC2)C1. The molecule has 5 heteroatoms. The molecule has 0 N–H and O–H groups in total. The van der Waals surface area contributed by atoms with E-state index in [1.165, 1.54) is 7.11 Å². The molecule has 24 heavy (non-hydrogen) atoms. The Labute approximate surface area is 144 Å². The van der Waals surface area contributed by atoms with Crippen LogP contribution in [0.5, 0.6) is 0 Å². The predicted octanol–water partition coefficient (Wildman–Crippen LogP) is 3.57. The van der Waals surface area contributed by atoms with Gasteiger partial charge >= 0.3 is 5.97 Å². The van der Waals surface area contributed by atoms with E-state index in [1.54, 1.807) is 0 Å². The van der Waals surface area contributed by atoms with E-state index in [9.17, 15) is 10.1 Å². The summed E-state index contributed by atoms with van der Waals surface area (Å²) in [7, 11) is 1.32. The van der Waals surface area contributed by atoms with Gasteiger partial charge in [0.05, 0.1) is 18.8 Å². The van der Waals surface area contributed by atoms with Crippen LogP contribution >= 0.6 is 0 Å². The first-order valence-electron chi connectivity index (χ1n) is 8.49. The Bertz CT molecular complexity index is 582. The maximum absolute atomic E-state index is 12.4. The average molecular weight is 330 g/mol. The Morgan fingerprint density at radius 2 is 2.12 bits per heavy atom. The number of allylic oxidation sites excluding steroid dienone is 4. The molecule has 1 heterocycles. The van der Waals surface area contributed by atoms with E-state index in [0.717, 1.165) is 25.7 Å². The molecule has 2 fully saturated rings. The maximum Gasteiger partial charge on any atom is 0.324 e. The molecule has 0 aromatic rings. The lowest BCUT2D eigenvalue weighted by molar-refractivity contribution is -0.157. The van der Waals surface area contributed by atoms with Gasteiger partial charge in [-0.1, -0.05) is 25.0 Å². The van der Waals surface area contributed by atoms with Crippen LogP contribution in [-0.4, -0.2) is 32.0 Å². The lowest BCUT2D eigenvalue weighted by Crippen LogP contribution is -2.49. The quantitative estimate of drug-likeness (QED) is 0.439. The second-order valence-corrected chi connectivity index (χ2v) is 6.64. The average Bonchev–Trinajstić information content (AvgIpc) is 3.03. The summed E-state index contributed by atoms with van der Waals surface area (Å²) in [6.07, 6.45) is 10.9. The molecule has 0 aromatic heterocycles. The summed E-state index contributed by atoms with van der Waals surface area (Å²) in [5, 5.41) is 9.75. The Hall–Kier alpha value is -1.93. The van der Waals surface area contributed by atoms with Crippen molar-refractivity contribution in [1.82, 2.24) is 0 Å². The van der Waals surface area contributed by atoms with Crippen LogP contribution in [0.2, 0.25) is 0 Å². The van der Waals surface area contributed by atoms with Crippen molar-refractivity contribution in [2.24, 2.45) is 16.3 Å². The zero-order chi connectivity index (χ0) is 17.6. The Morgan fingerprint density at radius 1 is 1.42 bits per heavy atom. The molecule has 0 bridgehead atoms. The molecule has 0 amide bonds. The van der Waals surface area contributed by atoms with Crippen molar-refractivity contribution >= 4 is 12.7 Å². The number of carbonyl (C=O) groups excluding carboxylic acids is 1. The second kappa shape index (κ2) is 7.76. The normalized spacial score (nSPS) is 27.8. The van der Waals surface area contributed by atoms with Crippen molar-refractivity contribution in [3.8, 4) is 6.07 Å². The summed E-state index contributed by atoms with van der Waals surface area (Å²) < 4.78 is 11.0. The largest absolute Gasteiger partial charge is 0.468 e. The molecule has 2 aliphatic rings. The van der Waals surface area contributed by atoms with E-state index >= 15 is 0 Å². The van der Waals surface area contributed by atoms with Crippen molar-refractivity contribution in [1.29, 1.82) is 5.26 Å². The standard InChI is InChI=1S/C19H26N2O3/c1-4-5-8-16(21-2)19(15(13-20)17(22)23-3)11-12-24-18(14-19)9-6-7-10-18/h4-5,8,15H,2,6-7,9-12,14H2,1,3H3/b5-4-,16-8-. The topological polar surface area (TPSA) is 71.7 Å². The second-order valence-electron chi connectivity index (χ2n) is 6.64. The number of ether oxygens (including phenoxy) is 2. The monoisotopic (exact) mass is 330 g/mol. The highest BCUT2D eigenvalue weighted by molar-refractivity contribution is 5.77. The molecule has 2 rings (SSSR count). The lowest BCUT2D eigenvalue weighted by atomic mass is 9.63. The number of nitriles is 1. The molecular formula is C19H26N2O3. The van der Waals surface area contributed by atoms with Gasteiger partial charge < -0.3 is 9.47 Å². The van der Waals surface area contributed by atoms with Crippen LogP contribution in [0, 0.1) is 22.7 Å². The predicted molar refractivity (Wildman–Crippen MR) is 92.4 cm³/mol. The van der Waals surface area contributed by atoms with Gasteiger partial charge in [0.2, 0.25) is 0 Å². The molecule has 0 aromatic carbocycles. The minimum atomic E-state index is -0.911. The fourth-order valence-electron chi connectivity index (χ4n) is 4.20. The number of hydrogen-bond acceptors (Lipinski definition) is 5. The number of aliphatic imine (C=N–C) groups is 1. The van der Waals surface area contributed by atoms with Gasteiger partial charge in [-0.3, -0.25) is 9.79 Å². The third kappa shape index (κ3) is 3.29. The Balaban J connectivity index is 2.53. The van der Waals surface area contributed by atoms with Crippen LogP contribution in [0.3, 0.4) is 0 Å². The molecule has 1 saturated carbocycles. The van der Waals surface area contributed by atoms with Gasteiger partial charge in [-0.2, -0.15) is 5.26 Å². The van der Waals surface area contributed by atoms with Crippen LogP contribution in [0.15, 0.2) is 28.9 Å². The van der Waals surface area contributed by atoms with E-state index in [1.807, 2.05) is 25.2 Å². The lowest BCUT2D eigenvalue weighted by Gasteiger charge is -2.47. The van der Waals surface area contributed by atoms with Crippen LogP contribution in [0.4, 0.5) is 0 Å². The number of esters is 1. The number of hydrogen-bond donors (Lipinski definition) is 0. The molecule has 2 unspecified atom stereocenters. The third-order valence-corrected chi connectivity index (χ3v) is 5.35. The summed E-state index contributed by atoms with van der Waals surface area (Å²) >= 11 is 0. The summed E-state index contributed by atoms with van der Waals surface area (Å²) in [6.45, 7) is 6.12. The highest BCUT2D eigenvalue weighted by Gasteiger charge is 2.55. The highest BCUT2D eigenvalue weighted by atomic mass is 16.5. The van der Waals surface area contributed by atoms with E-state index in [0.29, 0.717) is 25.1 Å². The van der Waals surface area contributed by atoms with Crippen molar-refractivity contribution in [3.63, 3.8) is 0 Å². The third-order valence-electron chi connectivity index (χ3n) is 5.35. The van der Waals surface area contributed by atoms with E-state index in [-0.39, 0.29) is 5.60 Å². The minimum absolute atomic E-state index is 0.263. The number of methoxy groups -OCH3 is 1. The van der Waals surface area contributed by atoms with Crippen molar-refractivity contribution in [2.75, 3.05) is 13.7 Å². The Kier molecular flexibility index (Phi) is 5.95. The van der Waals surface area contributed by atoms with E-state index in [4.69, 9.17) is 9.47 Å². The first-order valence-corrected chi connectivity index (χ1v) is 8.49. The molecule has 0 radical (unpaired) electrons. The van der Waals surface area contributed by atoms with Crippen molar-refractivity contribution in [2.45, 2.75) is 51.0 Å². The zero-order valence-electron chi connectivity index (χ0n) is 14.6. The molecule has 130 valence electrons. The molecular weight excluding hydrogens is 304 g/mol. The van der Waals surface area contributed by atoms with Gasteiger partial charge in [-0.25, -0.2) is 0 Å². The van der Waals surface area contributed by atoms with Gasteiger partial charge in [-0.05, 0) is 45.4 Å². The molecule has 1 spiro atoms. The fraction of sp³-hybridized carbons (Fsp3) is 0.632. The molecule has 1 aliphatic carbocycles. The summed E-state index contributed by atoms with van der Waals surface area (Å²) in [4.78, 5) is 16.6. The van der Waals surface area contributed by atoms with Crippen molar-refractivity contribution in [3.05, 3.63) is 23.9 Å². The number of rotatable bonds is 5. The minimum Gasteiger partial charge on any atom is -0.468 e. The van der Waals surface area contributed by atoms with E-state index in [2.05, 4.69) is 17.8 Å². The number of nitrogens with zero attached hydrogens (tertiary/aromatic N) is 2. The van der Waals surface area contributed by atoms with Crippen molar-refractivity contribution < 1.29 is 14.3 Å². The van der Waals surface area contributed by atoms with Gasteiger partial charge in [0.25, 0.3) is 0 Å². The smallest absolute Gasteiger partial charge is 0.324 e. The van der Waals surface area contributed by atoms with Gasteiger partial charge in [0.15, 0.2) is 5.92 Å². The molecule has 1 saturated heterocycles. The van der Waals surface area contributed by atoms with Crippen LogP contribution < -0.4 is 0 Å².